The zero-order chi connectivity index (χ0) is 13.1. The van der Waals surface area contributed by atoms with Crippen molar-refractivity contribution in [2.45, 2.75) is 19.9 Å². The van der Waals surface area contributed by atoms with E-state index in [9.17, 15) is 4.79 Å². The van der Waals surface area contributed by atoms with Crippen molar-refractivity contribution in [3.8, 4) is 0 Å². The summed E-state index contributed by atoms with van der Waals surface area (Å²) in [5, 5.41) is 8.06. The van der Waals surface area contributed by atoms with Crippen LogP contribution in [0.3, 0.4) is 0 Å². The van der Waals surface area contributed by atoms with Crippen LogP contribution in [0.2, 0.25) is 0 Å². The molecule has 2 aromatic rings. The fraction of sp³-hybridized carbons (Fsp3) is 0.500. The Balaban J connectivity index is 2.27. The van der Waals surface area contributed by atoms with Gasteiger partial charge in [-0.2, -0.15) is 5.10 Å². The lowest BCUT2D eigenvalue weighted by Gasteiger charge is -2.09. The highest BCUT2D eigenvalue weighted by Gasteiger charge is 2.20. The van der Waals surface area contributed by atoms with Gasteiger partial charge in [0.2, 0.25) is 0 Å². The van der Waals surface area contributed by atoms with Gasteiger partial charge in [0.1, 0.15) is 18.7 Å². The van der Waals surface area contributed by atoms with Crippen LogP contribution >= 0.6 is 0 Å². The van der Waals surface area contributed by atoms with Gasteiger partial charge in [0.15, 0.2) is 5.82 Å². The molecule has 2 rings (SSSR count). The predicted octanol–water partition coefficient (Wildman–Crippen LogP) is 0.193. The molecule has 0 saturated heterocycles. The van der Waals surface area contributed by atoms with Crippen LogP contribution in [-0.4, -0.2) is 42.1 Å². The van der Waals surface area contributed by atoms with Gasteiger partial charge in [-0.1, -0.05) is 0 Å². The van der Waals surface area contributed by atoms with Crippen molar-refractivity contribution in [3.05, 3.63) is 24.3 Å². The van der Waals surface area contributed by atoms with Crippen molar-refractivity contribution in [1.29, 1.82) is 0 Å². The minimum absolute atomic E-state index is 0.0568. The number of hydrogen-bond acceptors (Lipinski definition) is 6. The molecule has 0 aliphatic carbocycles. The number of aryl methyl sites for hydroxylation is 1. The number of hydrogen-bond donors (Lipinski definition) is 0. The van der Waals surface area contributed by atoms with Crippen LogP contribution in [0, 0.1) is 0 Å². The topological polar surface area (TPSA) is 87.7 Å². The molecule has 0 aliphatic rings. The van der Waals surface area contributed by atoms with Gasteiger partial charge in [-0.3, -0.25) is 4.68 Å². The van der Waals surface area contributed by atoms with E-state index in [-0.39, 0.29) is 11.9 Å². The van der Waals surface area contributed by atoms with Gasteiger partial charge in [0.25, 0.3) is 5.82 Å². The monoisotopic (exact) mass is 250 g/mol. The number of nitrogens with zero attached hydrogens (tertiary/aromatic N) is 6. The van der Waals surface area contributed by atoms with Crippen molar-refractivity contribution in [1.82, 2.24) is 29.5 Å². The first-order valence-electron chi connectivity index (χ1n) is 5.55. The molecule has 0 aliphatic heterocycles. The zero-order valence-corrected chi connectivity index (χ0v) is 10.4. The average Bonchev–Trinajstić information content (AvgIpc) is 2.97. The van der Waals surface area contributed by atoms with Crippen LogP contribution in [0.25, 0.3) is 0 Å². The third-order valence-corrected chi connectivity index (χ3v) is 2.46. The summed E-state index contributed by atoms with van der Waals surface area (Å²) < 4.78 is 8.03. The average molecular weight is 250 g/mol. The molecular formula is C10H14N6O2. The SMILES string of the molecule is CCOC(=O)c1nc(C(C)n2cncn2)n(C)n1. The normalized spacial score (nSPS) is 12.4. The molecule has 1 unspecified atom stereocenters. The van der Waals surface area contributed by atoms with E-state index in [1.54, 1.807) is 29.7 Å². The number of carbonyl (C=O) groups excluding carboxylic acids is 1. The highest BCUT2D eigenvalue weighted by molar-refractivity contribution is 5.84. The van der Waals surface area contributed by atoms with E-state index < -0.39 is 5.97 Å². The molecular weight excluding hydrogens is 236 g/mol. The van der Waals surface area contributed by atoms with Gasteiger partial charge in [-0.25, -0.2) is 19.4 Å². The van der Waals surface area contributed by atoms with Crippen LogP contribution in [0.4, 0.5) is 0 Å². The Bertz CT molecular complexity index is 533. The second kappa shape index (κ2) is 4.94. The van der Waals surface area contributed by atoms with Gasteiger partial charge in [-0.05, 0) is 13.8 Å². The first-order valence-corrected chi connectivity index (χ1v) is 5.55. The summed E-state index contributed by atoms with van der Waals surface area (Å²) in [6.07, 6.45) is 3.03. The van der Waals surface area contributed by atoms with Crippen molar-refractivity contribution >= 4 is 5.97 Å². The predicted molar refractivity (Wildman–Crippen MR) is 60.8 cm³/mol. The quantitative estimate of drug-likeness (QED) is 0.720. The highest BCUT2D eigenvalue weighted by atomic mass is 16.5. The number of ether oxygens (including phenoxy) is 1. The van der Waals surface area contributed by atoms with E-state index in [0.717, 1.165) is 0 Å². The van der Waals surface area contributed by atoms with Crippen molar-refractivity contribution < 1.29 is 9.53 Å². The molecule has 18 heavy (non-hydrogen) atoms. The first-order chi connectivity index (χ1) is 8.63. The Hall–Kier alpha value is -2.25. The Morgan fingerprint density at radius 3 is 2.94 bits per heavy atom. The Morgan fingerprint density at radius 2 is 2.33 bits per heavy atom. The van der Waals surface area contributed by atoms with Crippen LogP contribution < -0.4 is 0 Å². The standard InChI is InChI=1S/C10H14N6O2/c1-4-18-10(17)8-13-9(15(3)14-8)7(2)16-6-11-5-12-16/h5-7H,4H2,1-3H3. The van der Waals surface area contributed by atoms with Gasteiger partial charge in [-0.15, -0.1) is 5.10 Å². The van der Waals surface area contributed by atoms with Crippen LogP contribution in [-0.2, 0) is 11.8 Å². The molecule has 0 amide bonds. The fourth-order valence-electron chi connectivity index (χ4n) is 1.58. The van der Waals surface area contributed by atoms with Crippen LogP contribution in [0.15, 0.2) is 12.7 Å². The van der Waals surface area contributed by atoms with E-state index in [1.165, 1.54) is 6.33 Å². The van der Waals surface area contributed by atoms with E-state index in [0.29, 0.717) is 12.4 Å². The summed E-state index contributed by atoms with van der Waals surface area (Å²) in [6, 6.07) is -0.159. The van der Waals surface area contributed by atoms with Gasteiger partial charge in [0.05, 0.1) is 6.61 Å². The molecule has 8 heteroatoms. The number of carbonyl (C=O) groups is 1. The maximum Gasteiger partial charge on any atom is 0.378 e. The second-order valence-corrected chi connectivity index (χ2v) is 3.69. The third kappa shape index (κ3) is 2.22. The molecule has 0 N–H and O–H groups in total. The smallest absolute Gasteiger partial charge is 0.378 e. The summed E-state index contributed by atoms with van der Waals surface area (Å²) >= 11 is 0. The Kier molecular flexibility index (Phi) is 3.35. The lowest BCUT2D eigenvalue weighted by Crippen LogP contribution is -2.13. The lowest BCUT2D eigenvalue weighted by molar-refractivity contribution is 0.0511. The molecule has 0 aromatic carbocycles. The Labute approximate surface area is 104 Å². The summed E-state index contributed by atoms with van der Waals surface area (Å²) in [5.41, 5.74) is 0. The summed E-state index contributed by atoms with van der Waals surface area (Å²) in [6.45, 7) is 3.93. The zero-order valence-electron chi connectivity index (χ0n) is 10.4. The van der Waals surface area contributed by atoms with E-state index in [1.807, 2.05) is 6.92 Å². The fourth-order valence-corrected chi connectivity index (χ4v) is 1.58. The molecule has 8 nitrogen and oxygen atoms in total. The molecule has 96 valence electrons. The molecule has 0 spiro atoms. The van der Waals surface area contributed by atoms with E-state index in [4.69, 9.17) is 4.74 Å². The molecule has 0 fully saturated rings. The minimum Gasteiger partial charge on any atom is -0.460 e. The van der Waals surface area contributed by atoms with Crippen molar-refractivity contribution in [3.63, 3.8) is 0 Å². The maximum atomic E-state index is 11.5. The van der Waals surface area contributed by atoms with Crippen molar-refractivity contribution in [2.75, 3.05) is 6.61 Å². The summed E-state index contributed by atoms with van der Waals surface area (Å²) in [7, 11) is 1.72. The van der Waals surface area contributed by atoms with Gasteiger partial charge in [0, 0.05) is 7.05 Å². The number of rotatable bonds is 4. The summed E-state index contributed by atoms with van der Waals surface area (Å²) in [5.74, 6) is 0.148. The molecule has 0 saturated carbocycles. The van der Waals surface area contributed by atoms with E-state index >= 15 is 0 Å². The minimum atomic E-state index is -0.523. The highest BCUT2D eigenvalue weighted by Crippen LogP contribution is 2.13. The van der Waals surface area contributed by atoms with Gasteiger partial charge >= 0.3 is 5.97 Å². The molecule has 2 aromatic heterocycles. The Morgan fingerprint density at radius 1 is 1.56 bits per heavy atom. The molecule has 0 bridgehead atoms. The second-order valence-electron chi connectivity index (χ2n) is 3.69. The maximum absolute atomic E-state index is 11.5. The largest absolute Gasteiger partial charge is 0.460 e. The molecule has 1 atom stereocenters. The van der Waals surface area contributed by atoms with Crippen LogP contribution in [0.5, 0.6) is 0 Å². The number of esters is 1. The molecule has 0 radical (unpaired) electrons. The number of aromatic nitrogens is 6. The van der Waals surface area contributed by atoms with E-state index in [2.05, 4.69) is 20.2 Å². The third-order valence-electron chi connectivity index (χ3n) is 2.46. The van der Waals surface area contributed by atoms with Crippen molar-refractivity contribution in [2.24, 2.45) is 7.05 Å². The van der Waals surface area contributed by atoms with Gasteiger partial charge < -0.3 is 4.74 Å². The molecule has 2 heterocycles. The first kappa shape index (κ1) is 12.2. The lowest BCUT2D eigenvalue weighted by atomic mass is 10.3. The summed E-state index contributed by atoms with van der Waals surface area (Å²) in [4.78, 5) is 19.6. The van der Waals surface area contributed by atoms with Crippen LogP contribution in [0.1, 0.15) is 36.3 Å².